The van der Waals surface area contributed by atoms with Crippen LogP contribution in [-0.4, -0.2) is 29.3 Å². The van der Waals surface area contributed by atoms with E-state index in [2.05, 4.69) is 0 Å². The number of hydrogen-bond donors (Lipinski definition) is 0. The molecule has 2 nitrogen and oxygen atoms in total. The Morgan fingerprint density at radius 3 is 2.46 bits per heavy atom. The van der Waals surface area contributed by atoms with Gasteiger partial charge in [-0.2, -0.15) is 0 Å². The van der Waals surface area contributed by atoms with Gasteiger partial charge in [-0.05, 0) is 19.8 Å². The van der Waals surface area contributed by atoms with Crippen LogP contribution in [0.25, 0.3) is 0 Å². The summed E-state index contributed by atoms with van der Waals surface area (Å²) in [6, 6.07) is 0.463. The quantitative estimate of drug-likeness (QED) is 0.646. The first-order valence-electron chi connectivity index (χ1n) is 5.15. The predicted molar refractivity (Wildman–Crippen MR) is 55.0 cm³/mol. The van der Waals surface area contributed by atoms with Crippen molar-refractivity contribution in [3.8, 4) is 0 Å². The van der Waals surface area contributed by atoms with Crippen molar-refractivity contribution < 1.29 is 4.79 Å². The number of carbonyl (C=O) groups is 1. The lowest BCUT2D eigenvalue weighted by molar-refractivity contribution is -0.131. The van der Waals surface area contributed by atoms with Gasteiger partial charge in [0.2, 0.25) is 5.91 Å². The molecule has 0 aliphatic heterocycles. The highest BCUT2D eigenvalue weighted by molar-refractivity contribution is 6.27. The largest absolute Gasteiger partial charge is 0.339 e. The number of alkyl halides is 1. The minimum atomic E-state index is 0.0936. The third kappa shape index (κ3) is 2.87. The molecule has 3 heteroatoms. The van der Waals surface area contributed by atoms with Gasteiger partial charge in [-0.25, -0.2) is 0 Å². The maximum Gasteiger partial charge on any atom is 0.237 e. The first kappa shape index (κ1) is 10.8. The third-order valence-electron chi connectivity index (χ3n) is 2.79. The van der Waals surface area contributed by atoms with Gasteiger partial charge in [0.05, 0.1) is 0 Å². The minimum Gasteiger partial charge on any atom is -0.339 e. The number of hydrogen-bond acceptors (Lipinski definition) is 1. The molecule has 0 unspecified atom stereocenters. The van der Waals surface area contributed by atoms with Crippen LogP contribution in [-0.2, 0) is 4.79 Å². The molecule has 0 atom stereocenters. The molecular formula is C10H18ClNO. The maximum absolute atomic E-state index is 11.4. The van der Waals surface area contributed by atoms with Crippen LogP contribution in [0.1, 0.15) is 39.0 Å². The Morgan fingerprint density at radius 1 is 1.38 bits per heavy atom. The van der Waals surface area contributed by atoms with Crippen LogP contribution in [0.5, 0.6) is 0 Å². The monoisotopic (exact) mass is 203 g/mol. The molecule has 0 N–H and O–H groups in total. The first-order valence-corrected chi connectivity index (χ1v) is 5.68. The van der Waals surface area contributed by atoms with Crippen molar-refractivity contribution in [1.29, 1.82) is 0 Å². The molecule has 0 spiro atoms. The van der Waals surface area contributed by atoms with E-state index in [0.717, 1.165) is 19.4 Å². The molecule has 1 aliphatic carbocycles. The second-order valence-electron chi connectivity index (χ2n) is 3.61. The van der Waals surface area contributed by atoms with E-state index in [9.17, 15) is 4.79 Å². The van der Waals surface area contributed by atoms with Gasteiger partial charge in [0.25, 0.3) is 0 Å². The molecule has 1 saturated carbocycles. The zero-order valence-corrected chi connectivity index (χ0v) is 9.02. The van der Waals surface area contributed by atoms with Crippen LogP contribution >= 0.6 is 11.6 Å². The highest BCUT2D eigenvalue weighted by atomic mass is 35.5. The predicted octanol–water partition coefficient (Wildman–Crippen LogP) is 2.41. The molecule has 1 amide bonds. The highest BCUT2D eigenvalue weighted by Crippen LogP contribution is 2.22. The molecule has 0 heterocycles. The van der Waals surface area contributed by atoms with Gasteiger partial charge in [-0.1, -0.05) is 19.3 Å². The third-order valence-corrected chi connectivity index (χ3v) is 3.02. The number of halogens is 1. The summed E-state index contributed by atoms with van der Waals surface area (Å²) in [6.45, 7) is 2.83. The molecule has 0 aromatic carbocycles. The fourth-order valence-corrected chi connectivity index (χ4v) is 2.26. The minimum absolute atomic E-state index is 0.0936. The van der Waals surface area contributed by atoms with E-state index < -0.39 is 0 Å². The first-order chi connectivity index (χ1) is 6.29. The van der Waals surface area contributed by atoms with Crippen molar-refractivity contribution in [2.24, 2.45) is 0 Å². The van der Waals surface area contributed by atoms with E-state index >= 15 is 0 Å². The number of carbonyl (C=O) groups excluding carboxylic acids is 1. The van der Waals surface area contributed by atoms with Gasteiger partial charge in [-0.3, -0.25) is 4.79 Å². The smallest absolute Gasteiger partial charge is 0.237 e. The van der Waals surface area contributed by atoms with Crippen molar-refractivity contribution in [3.05, 3.63) is 0 Å². The van der Waals surface area contributed by atoms with E-state index in [1.54, 1.807) is 0 Å². The maximum atomic E-state index is 11.4. The van der Waals surface area contributed by atoms with Crippen LogP contribution in [0.3, 0.4) is 0 Å². The molecule has 0 aromatic rings. The van der Waals surface area contributed by atoms with Gasteiger partial charge in [-0.15, -0.1) is 11.6 Å². The fraction of sp³-hybridized carbons (Fsp3) is 0.900. The Hall–Kier alpha value is -0.240. The molecule has 1 aliphatic rings. The summed E-state index contributed by atoms with van der Waals surface area (Å²) in [6.07, 6.45) is 6.17. The summed E-state index contributed by atoms with van der Waals surface area (Å²) in [5.74, 6) is 0.223. The summed E-state index contributed by atoms with van der Waals surface area (Å²) in [4.78, 5) is 13.4. The Balaban J connectivity index is 2.48. The Kier molecular flexibility index (Phi) is 4.57. The summed E-state index contributed by atoms with van der Waals surface area (Å²) >= 11 is 5.55. The Labute approximate surface area is 85.2 Å². The summed E-state index contributed by atoms with van der Waals surface area (Å²) in [5.41, 5.74) is 0. The van der Waals surface area contributed by atoms with Crippen LogP contribution < -0.4 is 0 Å². The molecule has 13 heavy (non-hydrogen) atoms. The molecule has 0 saturated heterocycles. The molecule has 0 bridgehead atoms. The average molecular weight is 204 g/mol. The van der Waals surface area contributed by atoms with Gasteiger partial charge in [0.1, 0.15) is 5.88 Å². The van der Waals surface area contributed by atoms with E-state index in [1.807, 2.05) is 11.8 Å². The van der Waals surface area contributed by atoms with Crippen molar-refractivity contribution in [3.63, 3.8) is 0 Å². The van der Waals surface area contributed by atoms with Crippen molar-refractivity contribution in [2.75, 3.05) is 12.4 Å². The zero-order chi connectivity index (χ0) is 9.68. The Bertz CT molecular complexity index is 166. The molecule has 1 rings (SSSR count). The molecule has 0 radical (unpaired) electrons. The van der Waals surface area contributed by atoms with Crippen molar-refractivity contribution in [1.82, 2.24) is 4.90 Å². The second kappa shape index (κ2) is 5.48. The number of nitrogens with zero attached hydrogens (tertiary/aromatic N) is 1. The highest BCUT2D eigenvalue weighted by Gasteiger charge is 2.22. The van der Waals surface area contributed by atoms with Gasteiger partial charge >= 0.3 is 0 Å². The van der Waals surface area contributed by atoms with Crippen LogP contribution in [0.15, 0.2) is 0 Å². The summed E-state index contributed by atoms with van der Waals surface area (Å²) in [5, 5.41) is 0. The van der Waals surface area contributed by atoms with Crippen LogP contribution in [0, 0.1) is 0 Å². The normalized spacial score (nSPS) is 18.6. The number of amides is 1. The fourth-order valence-electron chi connectivity index (χ4n) is 2.11. The topological polar surface area (TPSA) is 20.3 Å². The second-order valence-corrected chi connectivity index (χ2v) is 3.87. The van der Waals surface area contributed by atoms with E-state index in [1.165, 1.54) is 19.3 Å². The van der Waals surface area contributed by atoms with Gasteiger partial charge in [0.15, 0.2) is 0 Å². The van der Waals surface area contributed by atoms with Crippen LogP contribution in [0.2, 0.25) is 0 Å². The zero-order valence-electron chi connectivity index (χ0n) is 8.26. The molecule has 76 valence electrons. The van der Waals surface area contributed by atoms with Crippen LogP contribution in [0.4, 0.5) is 0 Å². The standard InChI is InChI=1S/C10H18ClNO/c1-2-12(10(13)8-11)9-6-4-3-5-7-9/h9H,2-8H2,1H3. The molecule has 1 fully saturated rings. The average Bonchev–Trinajstić information content (AvgIpc) is 2.20. The number of rotatable bonds is 3. The summed E-state index contributed by atoms with van der Waals surface area (Å²) in [7, 11) is 0. The van der Waals surface area contributed by atoms with Crippen molar-refractivity contribution in [2.45, 2.75) is 45.1 Å². The van der Waals surface area contributed by atoms with E-state index in [4.69, 9.17) is 11.6 Å². The SMILES string of the molecule is CCN(C(=O)CCl)C1CCCCC1. The Morgan fingerprint density at radius 2 is 2.00 bits per heavy atom. The van der Waals surface area contributed by atoms with Gasteiger partial charge < -0.3 is 4.90 Å². The van der Waals surface area contributed by atoms with Crippen molar-refractivity contribution >= 4 is 17.5 Å². The summed E-state index contributed by atoms with van der Waals surface area (Å²) < 4.78 is 0. The molecule has 0 aromatic heterocycles. The lowest BCUT2D eigenvalue weighted by atomic mass is 9.94. The molecular weight excluding hydrogens is 186 g/mol. The van der Waals surface area contributed by atoms with E-state index in [0.29, 0.717) is 6.04 Å². The van der Waals surface area contributed by atoms with Gasteiger partial charge in [0, 0.05) is 12.6 Å². The van der Waals surface area contributed by atoms with E-state index in [-0.39, 0.29) is 11.8 Å². The lowest BCUT2D eigenvalue weighted by Crippen LogP contribution is -2.41. The lowest BCUT2D eigenvalue weighted by Gasteiger charge is -2.33.